The Labute approximate surface area is 142 Å². The zero-order valence-corrected chi connectivity index (χ0v) is 14.7. The lowest BCUT2D eigenvalue weighted by Crippen LogP contribution is -2.38. The van der Waals surface area contributed by atoms with Crippen LogP contribution in [0.4, 0.5) is 0 Å². The second-order valence-corrected chi connectivity index (χ2v) is 6.85. The molecule has 0 fully saturated rings. The standard InChI is InChI=1S/C18H26N4O2/c1-18(2,3)16(20)10-14(22-4)13(19)9-15(24)17(21)11-5-7-12(23)8-6-11/h5-8,16,19,21,23H,9-10,20H2,1-4H3. The average Bonchev–Trinajstić information content (AvgIpc) is 2.51. The highest BCUT2D eigenvalue weighted by Crippen LogP contribution is 2.20. The summed E-state index contributed by atoms with van der Waals surface area (Å²) in [6.07, 6.45) is 0.224. The number of aliphatic imine (C=N–C) groups is 1. The molecule has 6 nitrogen and oxygen atoms in total. The smallest absolute Gasteiger partial charge is 0.187 e. The fourth-order valence-electron chi connectivity index (χ4n) is 2.00. The molecule has 24 heavy (non-hydrogen) atoms. The van der Waals surface area contributed by atoms with Crippen LogP contribution in [-0.2, 0) is 4.79 Å². The van der Waals surface area contributed by atoms with Crippen molar-refractivity contribution < 1.29 is 9.90 Å². The SMILES string of the molecule is CN=C(CC(N)C(C)(C)C)C(=N)CC(=O)C(=N)c1ccc(O)cc1. The van der Waals surface area contributed by atoms with Crippen molar-refractivity contribution in [1.29, 1.82) is 10.8 Å². The van der Waals surface area contributed by atoms with Gasteiger partial charge < -0.3 is 16.2 Å². The van der Waals surface area contributed by atoms with Crippen molar-refractivity contribution >= 4 is 22.9 Å². The van der Waals surface area contributed by atoms with Crippen molar-refractivity contribution in [2.45, 2.75) is 39.7 Å². The van der Waals surface area contributed by atoms with Crippen molar-refractivity contribution in [1.82, 2.24) is 0 Å². The number of carbonyl (C=O) groups excluding carboxylic acids is 1. The first-order chi connectivity index (χ1) is 11.1. The molecule has 0 aliphatic heterocycles. The molecule has 1 rings (SSSR count). The quantitative estimate of drug-likeness (QED) is 0.574. The second kappa shape index (κ2) is 7.97. The average molecular weight is 330 g/mol. The van der Waals surface area contributed by atoms with Gasteiger partial charge in [0.1, 0.15) is 11.5 Å². The second-order valence-electron chi connectivity index (χ2n) is 6.85. The van der Waals surface area contributed by atoms with Crippen LogP contribution in [0.5, 0.6) is 5.75 Å². The molecule has 5 N–H and O–H groups in total. The fraction of sp³-hybridized carbons (Fsp3) is 0.444. The molecular formula is C18H26N4O2. The van der Waals surface area contributed by atoms with Crippen molar-refractivity contribution in [3.63, 3.8) is 0 Å². The molecule has 0 spiro atoms. The van der Waals surface area contributed by atoms with Gasteiger partial charge in [0.2, 0.25) is 0 Å². The number of benzene rings is 1. The normalized spacial score (nSPS) is 13.5. The Bertz CT molecular complexity index is 655. The lowest BCUT2D eigenvalue weighted by molar-refractivity contribution is -0.111. The molecule has 0 aliphatic carbocycles. The number of hydrogen-bond donors (Lipinski definition) is 4. The maximum atomic E-state index is 12.2. The van der Waals surface area contributed by atoms with Gasteiger partial charge in [0.25, 0.3) is 0 Å². The summed E-state index contributed by atoms with van der Waals surface area (Å²) in [6, 6.07) is 5.67. The number of nitrogens with zero attached hydrogens (tertiary/aromatic N) is 1. The third-order valence-corrected chi connectivity index (χ3v) is 3.92. The molecule has 0 amide bonds. The minimum Gasteiger partial charge on any atom is -0.508 e. The Kier molecular flexibility index (Phi) is 6.54. The van der Waals surface area contributed by atoms with Gasteiger partial charge in [-0.1, -0.05) is 20.8 Å². The predicted octanol–water partition coefficient (Wildman–Crippen LogP) is 2.57. The van der Waals surface area contributed by atoms with Gasteiger partial charge in [0.15, 0.2) is 5.78 Å². The van der Waals surface area contributed by atoms with Crippen LogP contribution in [0.2, 0.25) is 0 Å². The molecule has 6 heteroatoms. The van der Waals surface area contributed by atoms with E-state index in [4.69, 9.17) is 16.6 Å². The Hall–Kier alpha value is -2.34. The minimum atomic E-state index is -0.462. The molecule has 0 heterocycles. The summed E-state index contributed by atoms with van der Waals surface area (Å²) in [4.78, 5) is 16.3. The van der Waals surface area contributed by atoms with Crippen molar-refractivity contribution in [2.24, 2.45) is 16.1 Å². The van der Waals surface area contributed by atoms with Gasteiger partial charge in [-0.05, 0) is 29.7 Å². The van der Waals surface area contributed by atoms with E-state index in [0.717, 1.165) is 0 Å². The molecule has 0 saturated heterocycles. The molecule has 1 atom stereocenters. The van der Waals surface area contributed by atoms with Crippen LogP contribution in [0.3, 0.4) is 0 Å². The summed E-state index contributed by atoms with van der Waals surface area (Å²) in [5.74, 6) is -0.389. The summed E-state index contributed by atoms with van der Waals surface area (Å²) < 4.78 is 0. The molecule has 0 bridgehead atoms. The number of nitrogens with two attached hydrogens (primary N) is 1. The number of rotatable bonds is 7. The minimum absolute atomic E-state index is 0.0725. The Morgan fingerprint density at radius 2 is 1.79 bits per heavy atom. The topological polar surface area (TPSA) is 123 Å². The maximum Gasteiger partial charge on any atom is 0.187 e. The van der Waals surface area contributed by atoms with Crippen molar-refractivity contribution in [2.75, 3.05) is 7.05 Å². The summed E-state index contributed by atoms with van der Waals surface area (Å²) in [5.41, 5.74) is 6.81. The molecule has 1 aromatic carbocycles. The van der Waals surface area contributed by atoms with E-state index in [9.17, 15) is 9.90 Å². The van der Waals surface area contributed by atoms with Gasteiger partial charge in [-0.3, -0.25) is 15.2 Å². The Morgan fingerprint density at radius 3 is 2.25 bits per heavy atom. The first-order valence-corrected chi connectivity index (χ1v) is 7.76. The zero-order chi connectivity index (χ0) is 18.5. The number of phenolic OH excluding ortho intramolecular Hbond substituents is 1. The van der Waals surface area contributed by atoms with Crippen LogP contribution in [0, 0.1) is 16.2 Å². The third kappa shape index (κ3) is 5.38. The summed E-state index contributed by atoms with van der Waals surface area (Å²) >= 11 is 0. The van der Waals surface area contributed by atoms with Gasteiger partial charge in [-0.25, -0.2) is 0 Å². The van der Waals surface area contributed by atoms with Gasteiger partial charge in [0.05, 0.1) is 17.8 Å². The first kappa shape index (κ1) is 19.7. The van der Waals surface area contributed by atoms with Crippen molar-refractivity contribution in [3.8, 4) is 5.75 Å². The molecule has 0 radical (unpaired) electrons. The van der Waals surface area contributed by atoms with Gasteiger partial charge >= 0.3 is 0 Å². The van der Waals surface area contributed by atoms with E-state index in [1.54, 1.807) is 7.05 Å². The van der Waals surface area contributed by atoms with E-state index in [0.29, 0.717) is 17.7 Å². The number of aromatic hydroxyl groups is 1. The highest BCUT2D eigenvalue weighted by atomic mass is 16.3. The Balaban J connectivity index is 2.76. The van der Waals surface area contributed by atoms with Crippen LogP contribution >= 0.6 is 0 Å². The van der Waals surface area contributed by atoms with Crippen molar-refractivity contribution in [3.05, 3.63) is 29.8 Å². The van der Waals surface area contributed by atoms with Gasteiger partial charge in [0, 0.05) is 25.1 Å². The molecule has 0 aliphatic rings. The molecule has 1 unspecified atom stereocenters. The van der Waals surface area contributed by atoms with Gasteiger partial charge in [-0.15, -0.1) is 0 Å². The van der Waals surface area contributed by atoms with E-state index in [-0.39, 0.29) is 35.1 Å². The summed E-state index contributed by atoms with van der Waals surface area (Å²) in [5, 5.41) is 25.3. The fourth-order valence-corrected chi connectivity index (χ4v) is 2.00. The lowest BCUT2D eigenvalue weighted by atomic mass is 9.83. The number of ketones is 1. The number of nitrogens with one attached hydrogen (secondary N) is 2. The summed E-state index contributed by atoms with van der Waals surface area (Å²) in [6.45, 7) is 6.04. The molecule has 0 saturated carbocycles. The predicted molar refractivity (Wildman–Crippen MR) is 97.7 cm³/mol. The van der Waals surface area contributed by atoms with E-state index in [2.05, 4.69) is 4.99 Å². The Morgan fingerprint density at radius 1 is 1.25 bits per heavy atom. The first-order valence-electron chi connectivity index (χ1n) is 7.76. The lowest BCUT2D eigenvalue weighted by Gasteiger charge is -2.27. The summed E-state index contributed by atoms with van der Waals surface area (Å²) in [7, 11) is 1.58. The van der Waals surface area contributed by atoms with Crippen LogP contribution < -0.4 is 5.73 Å². The van der Waals surface area contributed by atoms with Crippen LogP contribution in [0.25, 0.3) is 0 Å². The molecule has 0 aromatic heterocycles. The third-order valence-electron chi connectivity index (χ3n) is 3.92. The van der Waals surface area contributed by atoms with E-state index in [1.807, 2.05) is 20.8 Å². The number of Topliss-reactive ketones (excluding diaryl/α,β-unsaturated/α-hetero) is 1. The molecule has 130 valence electrons. The van der Waals surface area contributed by atoms with Crippen LogP contribution in [0.1, 0.15) is 39.2 Å². The van der Waals surface area contributed by atoms with E-state index >= 15 is 0 Å². The highest BCUT2D eigenvalue weighted by Gasteiger charge is 2.24. The highest BCUT2D eigenvalue weighted by molar-refractivity contribution is 6.53. The van der Waals surface area contributed by atoms with Crippen LogP contribution in [-0.4, -0.2) is 41.1 Å². The number of carbonyl (C=O) groups is 1. The number of phenols is 1. The zero-order valence-electron chi connectivity index (χ0n) is 14.7. The van der Waals surface area contributed by atoms with Crippen LogP contribution in [0.15, 0.2) is 29.3 Å². The largest absolute Gasteiger partial charge is 0.508 e. The van der Waals surface area contributed by atoms with E-state index < -0.39 is 5.78 Å². The van der Waals surface area contributed by atoms with E-state index in [1.165, 1.54) is 24.3 Å². The monoisotopic (exact) mass is 330 g/mol. The number of hydrogen-bond acceptors (Lipinski definition) is 6. The maximum absolute atomic E-state index is 12.2. The molecule has 1 aromatic rings. The molecular weight excluding hydrogens is 304 g/mol. The van der Waals surface area contributed by atoms with Gasteiger partial charge in [-0.2, -0.15) is 0 Å².